The zero-order valence-electron chi connectivity index (χ0n) is 25.9. The number of aryl methyl sites for hydroxylation is 2. The molecule has 0 radical (unpaired) electrons. The predicted molar refractivity (Wildman–Crippen MR) is 171 cm³/mol. The van der Waals surface area contributed by atoms with E-state index in [1.165, 1.54) is 54.3 Å². The van der Waals surface area contributed by atoms with Gasteiger partial charge in [-0.2, -0.15) is 13.2 Å². The van der Waals surface area contributed by atoms with Crippen LogP contribution < -0.4 is 15.5 Å². The number of halogens is 5. The number of hydrogen-bond donors (Lipinski definition) is 2. The summed E-state index contributed by atoms with van der Waals surface area (Å²) >= 11 is 0. The van der Waals surface area contributed by atoms with Gasteiger partial charge in [-0.1, -0.05) is 43.2 Å². The fourth-order valence-corrected chi connectivity index (χ4v) is 6.83. The lowest BCUT2D eigenvalue weighted by atomic mass is 9.80. The van der Waals surface area contributed by atoms with Gasteiger partial charge in [-0.05, 0) is 104 Å². The molecule has 244 valence electrons. The van der Waals surface area contributed by atoms with Crippen LogP contribution in [-0.2, 0) is 17.4 Å². The van der Waals surface area contributed by atoms with Crippen LogP contribution >= 0.6 is 0 Å². The minimum atomic E-state index is -4.64. The molecule has 6 rings (SSSR count). The highest BCUT2D eigenvalue weighted by Crippen LogP contribution is 2.45. The molecular formula is C37H34F5N3O2. The molecule has 1 fully saturated rings. The fourth-order valence-electron chi connectivity index (χ4n) is 6.83. The molecule has 2 aliphatic rings. The SMILES string of the molecule is Cc1ccc(NC(=O)[C@H]2Cc3cc(F)ccc3N(C(=O)c3c(C)cccc3F)[C@H]2c2ccc(NC3CCCC3)cc2)cc1C(F)(F)F. The van der Waals surface area contributed by atoms with E-state index in [0.717, 1.165) is 37.4 Å². The van der Waals surface area contributed by atoms with E-state index in [2.05, 4.69) is 10.6 Å². The summed E-state index contributed by atoms with van der Waals surface area (Å²) in [5.74, 6) is -3.81. The Labute approximate surface area is 269 Å². The van der Waals surface area contributed by atoms with Crippen molar-refractivity contribution in [3.05, 3.63) is 124 Å². The van der Waals surface area contributed by atoms with Crippen molar-refractivity contribution in [1.29, 1.82) is 0 Å². The summed E-state index contributed by atoms with van der Waals surface area (Å²) in [5.41, 5.74) is 1.29. The minimum absolute atomic E-state index is 0.00113. The van der Waals surface area contributed by atoms with Gasteiger partial charge in [0.2, 0.25) is 5.91 Å². The molecule has 1 aliphatic carbocycles. The average molecular weight is 648 g/mol. The van der Waals surface area contributed by atoms with Gasteiger partial charge >= 0.3 is 6.18 Å². The summed E-state index contributed by atoms with van der Waals surface area (Å²) in [6.07, 6.45) is -0.259. The molecule has 0 saturated heterocycles. The van der Waals surface area contributed by atoms with E-state index in [1.54, 1.807) is 25.1 Å². The summed E-state index contributed by atoms with van der Waals surface area (Å²) in [5, 5.41) is 6.13. The van der Waals surface area contributed by atoms with E-state index < -0.39 is 47.1 Å². The normalized spacial score (nSPS) is 18.1. The van der Waals surface area contributed by atoms with Crippen LogP contribution in [0.15, 0.2) is 78.9 Å². The first-order valence-electron chi connectivity index (χ1n) is 15.6. The van der Waals surface area contributed by atoms with Gasteiger partial charge in [0, 0.05) is 23.1 Å². The topological polar surface area (TPSA) is 61.4 Å². The number of benzene rings is 4. The van der Waals surface area contributed by atoms with E-state index >= 15 is 4.39 Å². The monoisotopic (exact) mass is 647 g/mol. The molecule has 0 bridgehead atoms. The summed E-state index contributed by atoms with van der Waals surface area (Å²) < 4.78 is 71.0. The van der Waals surface area contributed by atoms with Crippen LogP contribution in [0, 0.1) is 31.4 Å². The quantitative estimate of drug-likeness (QED) is 0.205. The van der Waals surface area contributed by atoms with E-state index in [0.29, 0.717) is 28.4 Å². The Balaban J connectivity index is 1.46. The highest BCUT2D eigenvalue weighted by Gasteiger charge is 2.44. The number of nitrogens with zero attached hydrogens (tertiary/aromatic N) is 1. The Morgan fingerprint density at radius 3 is 2.21 bits per heavy atom. The molecule has 1 heterocycles. The van der Waals surface area contributed by atoms with E-state index in [-0.39, 0.29) is 23.2 Å². The molecule has 2 atom stereocenters. The molecule has 0 spiro atoms. The highest BCUT2D eigenvalue weighted by molar-refractivity contribution is 6.09. The van der Waals surface area contributed by atoms with Crippen molar-refractivity contribution in [2.45, 2.75) is 64.2 Å². The maximum atomic E-state index is 15.3. The first-order chi connectivity index (χ1) is 22.4. The van der Waals surface area contributed by atoms with E-state index in [9.17, 15) is 27.2 Å². The van der Waals surface area contributed by atoms with E-state index in [4.69, 9.17) is 0 Å². The number of fused-ring (bicyclic) bond motifs is 1. The number of carbonyl (C=O) groups is 2. The first kappa shape index (κ1) is 32.2. The molecule has 4 aromatic carbocycles. The number of rotatable bonds is 6. The third kappa shape index (κ3) is 6.59. The molecular weight excluding hydrogens is 613 g/mol. The van der Waals surface area contributed by atoms with Crippen molar-refractivity contribution in [1.82, 2.24) is 0 Å². The van der Waals surface area contributed by atoms with E-state index in [1.807, 2.05) is 12.1 Å². The predicted octanol–water partition coefficient (Wildman–Crippen LogP) is 9.15. The first-order valence-corrected chi connectivity index (χ1v) is 15.6. The molecule has 2 N–H and O–H groups in total. The van der Waals surface area contributed by atoms with Gasteiger partial charge in [0.1, 0.15) is 11.6 Å². The standard InChI is InChI=1S/C37H34F5N3O2/c1-21-10-14-28(20-30(21)37(40,41)42)44-35(46)29-19-24-18-25(38)13-17-32(24)45(36(47)33-22(2)6-5-9-31(33)39)34(29)23-11-15-27(16-12-23)43-26-7-3-4-8-26/h5-6,9-18,20,26,29,34,43H,3-4,7-8,19H2,1-2H3,(H,44,46)/t29-,34-/m0/s1. The zero-order valence-corrected chi connectivity index (χ0v) is 25.9. The van der Waals surface area contributed by atoms with Crippen LogP contribution in [0.3, 0.4) is 0 Å². The lowest BCUT2D eigenvalue weighted by molar-refractivity contribution is -0.138. The van der Waals surface area contributed by atoms with Crippen molar-refractivity contribution < 1.29 is 31.5 Å². The van der Waals surface area contributed by atoms with Crippen molar-refractivity contribution >= 4 is 28.9 Å². The van der Waals surface area contributed by atoms with Crippen molar-refractivity contribution in [2.24, 2.45) is 5.92 Å². The van der Waals surface area contributed by atoms with Crippen LogP contribution in [0.5, 0.6) is 0 Å². The third-order valence-corrected chi connectivity index (χ3v) is 9.18. The molecule has 10 heteroatoms. The van der Waals surface area contributed by atoms with Crippen LogP contribution in [0.25, 0.3) is 0 Å². The Hall–Kier alpha value is -4.73. The van der Waals surface area contributed by atoms with Crippen LogP contribution in [0.4, 0.5) is 39.0 Å². The Morgan fingerprint density at radius 1 is 0.830 bits per heavy atom. The lowest BCUT2D eigenvalue weighted by Crippen LogP contribution is -2.47. The second kappa shape index (κ2) is 12.8. The summed E-state index contributed by atoms with van der Waals surface area (Å²) in [6, 6.07) is 18.3. The average Bonchev–Trinajstić information content (AvgIpc) is 3.54. The molecule has 47 heavy (non-hydrogen) atoms. The number of carbonyl (C=O) groups excluding carboxylic acids is 2. The largest absolute Gasteiger partial charge is 0.416 e. The summed E-state index contributed by atoms with van der Waals surface area (Å²) in [6.45, 7) is 2.93. The van der Waals surface area contributed by atoms with Crippen LogP contribution in [0.1, 0.15) is 69.9 Å². The second-order valence-electron chi connectivity index (χ2n) is 12.4. The smallest absolute Gasteiger partial charge is 0.382 e. The zero-order chi connectivity index (χ0) is 33.5. The van der Waals surface area contributed by atoms with Gasteiger partial charge in [0.15, 0.2) is 0 Å². The molecule has 1 aliphatic heterocycles. The second-order valence-corrected chi connectivity index (χ2v) is 12.4. The Bertz CT molecular complexity index is 1800. The molecule has 0 unspecified atom stereocenters. The molecule has 1 saturated carbocycles. The molecule has 2 amide bonds. The number of anilines is 3. The van der Waals surface area contributed by atoms with Gasteiger partial charge in [-0.25, -0.2) is 8.78 Å². The summed E-state index contributed by atoms with van der Waals surface area (Å²) in [4.78, 5) is 29.9. The number of hydrogen-bond acceptors (Lipinski definition) is 3. The van der Waals surface area contributed by atoms with Crippen molar-refractivity contribution in [3.8, 4) is 0 Å². The minimum Gasteiger partial charge on any atom is -0.382 e. The highest BCUT2D eigenvalue weighted by atomic mass is 19.4. The number of alkyl halides is 3. The molecule has 4 aromatic rings. The molecule has 5 nitrogen and oxygen atoms in total. The van der Waals surface area contributed by atoms with Gasteiger partial charge in [0.05, 0.1) is 23.1 Å². The maximum absolute atomic E-state index is 15.3. The Morgan fingerprint density at radius 2 is 1.53 bits per heavy atom. The van der Waals surface area contributed by atoms with Gasteiger partial charge < -0.3 is 10.6 Å². The summed E-state index contributed by atoms with van der Waals surface area (Å²) in [7, 11) is 0. The van der Waals surface area contributed by atoms with Crippen molar-refractivity contribution in [2.75, 3.05) is 15.5 Å². The van der Waals surface area contributed by atoms with Crippen LogP contribution in [0.2, 0.25) is 0 Å². The van der Waals surface area contributed by atoms with Gasteiger partial charge in [0.25, 0.3) is 5.91 Å². The maximum Gasteiger partial charge on any atom is 0.416 e. The molecule has 0 aromatic heterocycles. The van der Waals surface area contributed by atoms with Crippen LogP contribution in [-0.4, -0.2) is 17.9 Å². The van der Waals surface area contributed by atoms with Gasteiger partial charge in [-0.15, -0.1) is 0 Å². The third-order valence-electron chi connectivity index (χ3n) is 9.18. The van der Waals surface area contributed by atoms with Gasteiger partial charge in [-0.3, -0.25) is 14.5 Å². The number of nitrogens with one attached hydrogen (secondary N) is 2. The van der Waals surface area contributed by atoms with Crippen molar-refractivity contribution in [3.63, 3.8) is 0 Å². The fraction of sp³-hybridized carbons (Fsp3) is 0.297. The number of amides is 2. The lowest BCUT2D eigenvalue weighted by Gasteiger charge is -2.42. The Kier molecular flexibility index (Phi) is 8.78.